The second-order valence-electron chi connectivity index (χ2n) is 9.25. The van der Waals surface area contributed by atoms with Gasteiger partial charge in [-0.25, -0.2) is 4.99 Å². The second kappa shape index (κ2) is 12.3. The van der Waals surface area contributed by atoms with Gasteiger partial charge in [0.15, 0.2) is 16.3 Å². The van der Waals surface area contributed by atoms with Gasteiger partial charge in [-0.2, -0.15) is 0 Å². The normalized spacial score (nSPS) is 14.7. The molecule has 0 saturated heterocycles. The van der Waals surface area contributed by atoms with Crippen LogP contribution in [0, 0.1) is 0 Å². The molecule has 2 heterocycles. The molecule has 0 saturated carbocycles. The molecule has 1 aliphatic heterocycles. The smallest absolute Gasteiger partial charge is 0.271 e. The number of anilines is 1. The Morgan fingerprint density at radius 2 is 1.73 bits per heavy atom. The number of aromatic nitrogens is 1. The minimum atomic E-state index is -0.678. The first-order chi connectivity index (χ1) is 19.9. The topological polar surface area (TPSA) is 91.2 Å². The molecule has 0 fully saturated rings. The average molecular weight is 570 g/mol. The van der Waals surface area contributed by atoms with Crippen LogP contribution in [0.5, 0.6) is 17.2 Å². The first-order valence-electron chi connectivity index (χ1n) is 13.4. The van der Waals surface area contributed by atoms with Crippen LogP contribution < -0.4 is 34.4 Å². The summed E-state index contributed by atoms with van der Waals surface area (Å²) in [6.45, 7) is 6.64. The maximum atomic E-state index is 14.0. The fourth-order valence-electron chi connectivity index (χ4n) is 4.76. The van der Waals surface area contributed by atoms with E-state index in [1.54, 1.807) is 18.6 Å². The minimum Gasteiger partial charge on any atom is -0.494 e. The van der Waals surface area contributed by atoms with Crippen LogP contribution in [0.4, 0.5) is 5.69 Å². The molecule has 0 radical (unpaired) electrons. The Morgan fingerprint density at radius 1 is 1.00 bits per heavy atom. The number of thiazole rings is 1. The highest BCUT2D eigenvalue weighted by Crippen LogP contribution is 2.32. The highest BCUT2D eigenvalue weighted by Gasteiger charge is 2.32. The number of carbonyl (C=O) groups excluding carboxylic acids is 1. The van der Waals surface area contributed by atoms with Crippen molar-refractivity contribution in [1.82, 2.24) is 4.57 Å². The Morgan fingerprint density at radius 3 is 2.41 bits per heavy atom. The van der Waals surface area contributed by atoms with Crippen LogP contribution in [-0.4, -0.2) is 30.8 Å². The van der Waals surface area contributed by atoms with E-state index in [1.807, 2.05) is 92.7 Å². The maximum absolute atomic E-state index is 14.0. The summed E-state index contributed by atoms with van der Waals surface area (Å²) in [4.78, 5) is 32.9. The number of rotatable bonds is 9. The van der Waals surface area contributed by atoms with Gasteiger partial charge in [-0.1, -0.05) is 47.7 Å². The predicted octanol–water partition coefficient (Wildman–Crippen LogP) is 4.68. The first kappa shape index (κ1) is 27.9. The standard InChI is InChI=1S/C32H31N3O5S/c1-5-39-24-15-13-22(14-16-24)29-28(30(36)34-23-10-8-7-9-11-23)20(3)33-32-35(29)31(37)27(41-32)19-21-12-17-25(38-4)26(18-21)40-6-2/h7-19,29H,5-6H2,1-4H3,(H,34,36)/b27-19-/t29-/m1/s1. The monoisotopic (exact) mass is 569 g/mol. The van der Waals surface area contributed by atoms with Crippen LogP contribution >= 0.6 is 11.3 Å². The zero-order chi connectivity index (χ0) is 28.9. The van der Waals surface area contributed by atoms with Crippen LogP contribution in [0.1, 0.15) is 37.9 Å². The molecule has 1 N–H and O–H groups in total. The Bertz CT molecular complexity index is 1770. The summed E-state index contributed by atoms with van der Waals surface area (Å²) < 4.78 is 18.8. The van der Waals surface area contributed by atoms with E-state index in [1.165, 1.54) is 11.3 Å². The molecule has 1 amide bonds. The fraction of sp³-hybridized carbons (Fsp3) is 0.219. The maximum Gasteiger partial charge on any atom is 0.271 e. The van der Waals surface area contributed by atoms with Gasteiger partial charge < -0.3 is 19.5 Å². The molecular weight excluding hydrogens is 538 g/mol. The van der Waals surface area contributed by atoms with E-state index < -0.39 is 6.04 Å². The number of nitrogens with one attached hydrogen (secondary N) is 1. The van der Waals surface area contributed by atoms with Crippen molar-refractivity contribution < 1.29 is 19.0 Å². The number of hydrogen-bond acceptors (Lipinski definition) is 7. The van der Waals surface area contributed by atoms with Crippen LogP contribution in [0.3, 0.4) is 0 Å². The summed E-state index contributed by atoms with van der Waals surface area (Å²) in [6.07, 6.45) is 1.81. The quantitative estimate of drug-likeness (QED) is 0.316. The number of amides is 1. The van der Waals surface area contributed by atoms with Crippen molar-refractivity contribution in [1.29, 1.82) is 0 Å². The third-order valence-corrected chi connectivity index (χ3v) is 7.57. The molecule has 0 spiro atoms. The van der Waals surface area contributed by atoms with Crippen molar-refractivity contribution in [3.05, 3.63) is 115 Å². The number of fused-ring (bicyclic) bond motifs is 1. The number of carbonyl (C=O) groups is 1. The molecular formula is C32H31N3O5S. The first-order valence-corrected chi connectivity index (χ1v) is 14.2. The molecule has 1 atom stereocenters. The van der Waals surface area contributed by atoms with Crippen molar-refractivity contribution in [3.8, 4) is 17.2 Å². The molecule has 8 nitrogen and oxygen atoms in total. The summed E-state index contributed by atoms with van der Waals surface area (Å²) in [6, 6.07) is 21.6. The summed E-state index contributed by atoms with van der Waals surface area (Å²) in [5.41, 5.74) is 2.93. The van der Waals surface area contributed by atoms with E-state index in [-0.39, 0.29) is 11.5 Å². The number of para-hydroxylation sites is 1. The number of ether oxygens (including phenoxy) is 3. The van der Waals surface area contributed by atoms with Crippen molar-refractivity contribution in [2.24, 2.45) is 4.99 Å². The number of benzene rings is 3. The molecule has 41 heavy (non-hydrogen) atoms. The molecule has 210 valence electrons. The van der Waals surface area contributed by atoms with Crippen molar-refractivity contribution in [2.75, 3.05) is 25.6 Å². The molecule has 9 heteroatoms. The Balaban J connectivity index is 1.64. The lowest BCUT2D eigenvalue weighted by Gasteiger charge is -2.25. The van der Waals surface area contributed by atoms with Gasteiger partial charge in [-0.15, -0.1) is 0 Å². The van der Waals surface area contributed by atoms with E-state index in [0.29, 0.717) is 56.8 Å². The van der Waals surface area contributed by atoms with E-state index >= 15 is 0 Å². The SMILES string of the molecule is CCOc1ccc([C@@H]2C(C(=O)Nc3ccccc3)=C(C)N=c3s/c(=C\c4ccc(OC)c(OCC)c4)c(=O)n32)cc1. The Kier molecular flexibility index (Phi) is 8.35. The summed E-state index contributed by atoms with van der Waals surface area (Å²) in [5.74, 6) is 1.61. The zero-order valence-electron chi connectivity index (χ0n) is 23.3. The van der Waals surface area contributed by atoms with Gasteiger partial charge in [-0.05, 0) is 74.4 Å². The third-order valence-electron chi connectivity index (χ3n) is 6.59. The summed E-state index contributed by atoms with van der Waals surface area (Å²) in [7, 11) is 1.59. The van der Waals surface area contributed by atoms with Crippen LogP contribution in [0.25, 0.3) is 6.08 Å². The largest absolute Gasteiger partial charge is 0.494 e. The number of methoxy groups -OCH3 is 1. The van der Waals surface area contributed by atoms with E-state index in [9.17, 15) is 9.59 Å². The lowest BCUT2D eigenvalue weighted by Crippen LogP contribution is -2.40. The molecule has 4 aromatic rings. The highest BCUT2D eigenvalue weighted by molar-refractivity contribution is 7.07. The van der Waals surface area contributed by atoms with E-state index in [2.05, 4.69) is 5.32 Å². The number of allylic oxidation sites excluding steroid dienone is 1. The molecule has 0 unspecified atom stereocenters. The van der Waals surface area contributed by atoms with Crippen LogP contribution in [0.15, 0.2) is 93.9 Å². The molecule has 3 aromatic carbocycles. The van der Waals surface area contributed by atoms with Gasteiger partial charge in [0.2, 0.25) is 0 Å². The molecule has 0 aliphatic carbocycles. The highest BCUT2D eigenvalue weighted by atomic mass is 32.1. The van der Waals surface area contributed by atoms with Crippen molar-refractivity contribution >= 4 is 29.0 Å². The predicted molar refractivity (Wildman–Crippen MR) is 161 cm³/mol. The molecule has 0 bridgehead atoms. The van der Waals surface area contributed by atoms with Gasteiger partial charge >= 0.3 is 0 Å². The van der Waals surface area contributed by atoms with Gasteiger partial charge in [0.05, 0.1) is 42.2 Å². The lowest BCUT2D eigenvalue weighted by atomic mass is 9.95. The molecule has 1 aliphatic rings. The van der Waals surface area contributed by atoms with Gasteiger partial charge in [0.1, 0.15) is 5.75 Å². The van der Waals surface area contributed by atoms with Crippen molar-refractivity contribution in [2.45, 2.75) is 26.8 Å². The molecule has 5 rings (SSSR count). The zero-order valence-corrected chi connectivity index (χ0v) is 24.2. The van der Waals surface area contributed by atoms with Gasteiger partial charge in [0.25, 0.3) is 11.5 Å². The van der Waals surface area contributed by atoms with Gasteiger partial charge in [0, 0.05) is 5.69 Å². The average Bonchev–Trinajstić information content (AvgIpc) is 3.27. The van der Waals surface area contributed by atoms with E-state index in [0.717, 1.165) is 11.1 Å². The van der Waals surface area contributed by atoms with E-state index in [4.69, 9.17) is 19.2 Å². The summed E-state index contributed by atoms with van der Waals surface area (Å²) in [5, 5.41) is 2.97. The van der Waals surface area contributed by atoms with Gasteiger partial charge in [-0.3, -0.25) is 14.2 Å². The summed E-state index contributed by atoms with van der Waals surface area (Å²) >= 11 is 1.28. The molecule has 1 aromatic heterocycles. The second-order valence-corrected chi connectivity index (χ2v) is 10.3. The lowest BCUT2D eigenvalue weighted by molar-refractivity contribution is -0.113. The number of nitrogens with zero attached hydrogens (tertiary/aromatic N) is 2. The fourth-order valence-corrected chi connectivity index (χ4v) is 5.81. The van der Waals surface area contributed by atoms with Crippen LogP contribution in [-0.2, 0) is 4.79 Å². The Labute approximate surface area is 241 Å². The number of hydrogen-bond donors (Lipinski definition) is 1. The Hall–Kier alpha value is -4.63. The van der Waals surface area contributed by atoms with Crippen LogP contribution in [0.2, 0.25) is 0 Å². The van der Waals surface area contributed by atoms with Crippen molar-refractivity contribution in [3.63, 3.8) is 0 Å². The minimum absolute atomic E-state index is 0.237. The third kappa shape index (κ3) is 5.81.